The highest BCUT2D eigenvalue weighted by Crippen LogP contribution is 1.96. The average molecular weight is 239 g/mol. The molecule has 0 aliphatic rings. The Morgan fingerprint density at radius 1 is 1.47 bits per heavy atom. The molecule has 1 atom stereocenters. The van der Waals surface area contributed by atoms with Gasteiger partial charge in [0.2, 0.25) is 10.0 Å². The first kappa shape index (κ1) is 14.3. The lowest BCUT2D eigenvalue weighted by molar-refractivity contribution is -0.138. The van der Waals surface area contributed by atoms with Gasteiger partial charge in [-0.1, -0.05) is 0 Å². The van der Waals surface area contributed by atoms with E-state index < -0.39 is 22.0 Å². The van der Waals surface area contributed by atoms with E-state index in [1.54, 1.807) is 7.11 Å². The normalized spacial score (nSPS) is 13.7. The van der Waals surface area contributed by atoms with E-state index in [-0.39, 0.29) is 5.75 Å². The molecule has 7 heteroatoms. The summed E-state index contributed by atoms with van der Waals surface area (Å²) in [6.07, 6.45) is 1.09. The molecule has 15 heavy (non-hydrogen) atoms. The summed E-state index contributed by atoms with van der Waals surface area (Å²) in [5.74, 6) is -1.26. The molecule has 0 aliphatic heterocycles. The summed E-state index contributed by atoms with van der Waals surface area (Å²) in [5.41, 5.74) is 0. The SMILES string of the molecule is COCCCCS(=O)(=O)N[C@H](C)C(=O)O. The van der Waals surface area contributed by atoms with Crippen molar-refractivity contribution in [1.82, 2.24) is 4.72 Å². The Hall–Kier alpha value is -0.660. The molecule has 0 saturated carbocycles. The van der Waals surface area contributed by atoms with Crippen molar-refractivity contribution in [1.29, 1.82) is 0 Å². The molecular formula is C8H17NO5S. The number of nitrogens with one attached hydrogen (secondary N) is 1. The zero-order chi connectivity index (χ0) is 11.9. The molecule has 0 spiro atoms. The van der Waals surface area contributed by atoms with Gasteiger partial charge in [-0.05, 0) is 19.8 Å². The zero-order valence-electron chi connectivity index (χ0n) is 8.89. The summed E-state index contributed by atoms with van der Waals surface area (Å²) in [6, 6.07) is -1.09. The number of ether oxygens (including phenoxy) is 1. The Labute approximate surface area is 89.7 Å². The largest absolute Gasteiger partial charge is 0.480 e. The summed E-state index contributed by atoms with van der Waals surface area (Å²) in [7, 11) is -1.95. The predicted octanol–water partition coefficient (Wildman–Crippen LogP) is -0.194. The molecule has 0 saturated heterocycles. The van der Waals surface area contributed by atoms with Crippen molar-refractivity contribution in [3.63, 3.8) is 0 Å². The van der Waals surface area contributed by atoms with Crippen LogP contribution in [0.4, 0.5) is 0 Å². The Balaban J connectivity index is 3.92. The first-order valence-corrected chi connectivity index (χ1v) is 6.26. The van der Waals surface area contributed by atoms with Gasteiger partial charge in [0.05, 0.1) is 5.75 Å². The van der Waals surface area contributed by atoms with E-state index in [9.17, 15) is 13.2 Å². The lowest BCUT2D eigenvalue weighted by Gasteiger charge is -2.09. The van der Waals surface area contributed by atoms with Crippen LogP contribution in [0.2, 0.25) is 0 Å². The van der Waals surface area contributed by atoms with Gasteiger partial charge in [0.15, 0.2) is 0 Å². The van der Waals surface area contributed by atoms with Gasteiger partial charge in [-0.25, -0.2) is 13.1 Å². The second kappa shape index (κ2) is 6.76. The molecule has 0 fully saturated rings. The van der Waals surface area contributed by atoms with E-state index in [2.05, 4.69) is 4.72 Å². The van der Waals surface area contributed by atoms with Crippen LogP contribution in [0, 0.1) is 0 Å². The Morgan fingerprint density at radius 2 is 2.07 bits per heavy atom. The third-order valence-electron chi connectivity index (χ3n) is 1.74. The zero-order valence-corrected chi connectivity index (χ0v) is 9.71. The Kier molecular flexibility index (Phi) is 6.46. The Morgan fingerprint density at radius 3 is 2.53 bits per heavy atom. The quantitative estimate of drug-likeness (QED) is 0.572. The number of unbranched alkanes of at least 4 members (excludes halogenated alkanes) is 1. The molecule has 0 rings (SSSR count). The number of methoxy groups -OCH3 is 1. The van der Waals surface area contributed by atoms with Crippen molar-refractivity contribution < 1.29 is 23.1 Å². The lowest BCUT2D eigenvalue weighted by Crippen LogP contribution is -2.39. The van der Waals surface area contributed by atoms with E-state index >= 15 is 0 Å². The van der Waals surface area contributed by atoms with E-state index in [4.69, 9.17) is 9.84 Å². The fraction of sp³-hybridized carbons (Fsp3) is 0.875. The van der Waals surface area contributed by atoms with Gasteiger partial charge in [0.1, 0.15) is 6.04 Å². The van der Waals surface area contributed by atoms with E-state index in [1.807, 2.05) is 0 Å². The number of carbonyl (C=O) groups is 1. The van der Waals surface area contributed by atoms with Gasteiger partial charge in [-0.3, -0.25) is 4.79 Å². The molecule has 0 amide bonds. The number of carboxylic acids is 1. The number of hydrogen-bond donors (Lipinski definition) is 2. The minimum atomic E-state index is -3.49. The Bertz CT molecular complexity index is 287. The van der Waals surface area contributed by atoms with Gasteiger partial charge >= 0.3 is 5.97 Å². The van der Waals surface area contributed by atoms with Crippen molar-refractivity contribution in [2.75, 3.05) is 19.5 Å². The molecule has 0 radical (unpaired) electrons. The first-order valence-electron chi connectivity index (χ1n) is 4.61. The van der Waals surface area contributed by atoms with Crippen molar-refractivity contribution in [3.05, 3.63) is 0 Å². The fourth-order valence-corrected chi connectivity index (χ4v) is 2.26. The topological polar surface area (TPSA) is 92.7 Å². The van der Waals surface area contributed by atoms with Crippen LogP contribution in [-0.4, -0.2) is 45.0 Å². The highest BCUT2D eigenvalue weighted by molar-refractivity contribution is 7.89. The minimum Gasteiger partial charge on any atom is -0.480 e. The molecule has 2 N–H and O–H groups in total. The third-order valence-corrected chi connectivity index (χ3v) is 3.28. The molecule has 6 nitrogen and oxygen atoms in total. The second-order valence-electron chi connectivity index (χ2n) is 3.20. The van der Waals surface area contributed by atoms with Crippen LogP contribution < -0.4 is 4.72 Å². The molecule has 0 bridgehead atoms. The van der Waals surface area contributed by atoms with Gasteiger partial charge in [0, 0.05) is 13.7 Å². The van der Waals surface area contributed by atoms with E-state index in [1.165, 1.54) is 6.92 Å². The predicted molar refractivity (Wildman–Crippen MR) is 55.1 cm³/mol. The summed E-state index contributed by atoms with van der Waals surface area (Å²) in [6.45, 7) is 1.79. The van der Waals surface area contributed by atoms with Crippen LogP contribution in [0.15, 0.2) is 0 Å². The van der Waals surface area contributed by atoms with Gasteiger partial charge < -0.3 is 9.84 Å². The van der Waals surface area contributed by atoms with Crippen molar-refractivity contribution >= 4 is 16.0 Å². The summed E-state index contributed by atoms with van der Waals surface area (Å²) >= 11 is 0. The number of hydrogen-bond acceptors (Lipinski definition) is 4. The number of aliphatic carboxylic acids is 1. The molecule has 0 aromatic heterocycles. The van der Waals surface area contributed by atoms with E-state index in [0.717, 1.165) is 0 Å². The summed E-state index contributed by atoms with van der Waals surface area (Å²) in [4.78, 5) is 10.4. The first-order chi connectivity index (χ1) is 6.89. The molecule has 90 valence electrons. The minimum absolute atomic E-state index is 0.0754. The molecule has 0 aromatic carbocycles. The third kappa shape index (κ3) is 7.29. The van der Waals surface area contributed by atoms with Gasteiger partial charge in [0.25, 0.3) is 0 Å². The second-order valence-corrected chi connectivity index (χ2v) is 5.07. The van der Waals surface area contributed by atoms with Gasteiger partial charge in [-0.15, -0.1) is 0 Å². The maximum atomic E-state index is 11.3. The van der Waals surface area contributed by atoms with Crippen LogP contribution in [0.5, 0.6) is 0 Å². The summed E-state index contributed by atoms with van der Waals surface area (Å²) in [5, 5.41) is 8.51. The maximum Gasteiger partial charge on any atom is 0.321 e. The highest BCUT2D eigenvalue weighted by atomic mass is 32.2. The molecule has 0 unspecified atom stereocenters. The molecule has 0 heterocycles. The standard InChI is InChI=1S/C8H17NO5S/c1-7(8(10)11)9-15(12,13)6-4-3-5-14-2/h7,9H,3-6H2,1-2H3,(H,10,11)/t7-/m1/s1. The monoisotopic (exact) mass is 239 g/mol. The van der Waals surface area contributed by atoms with Crippen LogP contribution >= 0.6 is 0 Å². The maximum absolute atomic E-state index is 11.3. The van der Waals surface area contributed by atoms with Crippen molar-refractivity contribution in [2.45, 2.75) is 25.8 Å². The average Bonchev–Trinajstić information content (AvgIpc) is 2.11. The number of sulfonamides is 1. The fourth-order valence-electron chi connectivity index (χ4n) is 0.917. The van der Waals surface area contributed by atoms with Crippen LogP contribution in [-0.2, 0) is 19.6 Å². The van der Waals surface area contributed by atoms with Crippen molar-refractivity contribution in [3.8, 4) is 0 Å². The summed E-state index contributed by atoms with van der Waals surface area (Å²) < 4.78 is 29.4. The smallest absolute Gasteiger partial charge is 0.321 e. The highest BCUT2D eigenvalue weighted by Gasteiger charge is 2.18. The van der Waals surface area contributed by atoms with Crippen LogP contribution in [0.1, 0.15) is 19.8 Å². The van der Waals surface area contributed by atoms with Crippen molar-refractivity contribution in [2.24, 2.45) is 0 Å². The number of rotatable bonds is 8. The van der Waals surface area contributed by atoms with E-state index in [0.29, 0.717) is 19.4 Å². The van der Waals surface area contributed by atoms with Gasteiger partial charge in [-0.2, -0.15) is 0 Å². The van der Waals surface area contributed by atoms with Crippen LogP contribution in [0.3, 0.4) is 0 Å². The molecule has 0 aromatic rings. The number of carboxylic acid groups (broad SMARTS) is 1. The van der Waals surface area contributed by atoms with Crippen LogP contribution in [0.25, 0.3) is 0 Å². The molecular weight excluding hydrogens is 222 g/mol. The molecule has 0 aliphatic carbocycles. The lowest BCUT2D eigenvalue weighted by atomic mass is 10.4.